The quantitative estimate of drug-likeness (QED) is 0.296. The van der Waals surface area contributed by atoms with E-state index in [1.807, 2.05) is 0 Å². The zero-order chi connectivity index (χ0) is 10.3. The van der Waals surface area contributed by atoms with Gasteiger partial charge in [0.05, 0.1) is 22.5 Å². The Morgan fingerprint density at radius 1 is 1.21 bits per heavy atom. The molecule has 80 valence electrons. The molecule has 0 saturated heterocycles. The average molecular weight is 222 g/mol. The number of halogens is 2. The van der Waals surface area contributed by atoms with E-state index in [4.69, 9.17) is 0 Å². The summed E-state index contributed by atoms with van der Waals surface area (Å²) in [6.07, 6.45) is -0.295. The molecular formula is C7H13F2LiO3S. The van der Waals surface area contributed by atoms with Crippen LogP contribution in [0.2, 0.25) is 0 Å². The summed E-state index contributed by atoms with van der Waals surface area (Å²) in [5.41, 5.74) is 0. The molecule has 0 saturated carbocycles. The van der Waals surface area contributed by atoms with Gasteiger partial charge < -0.3 is 4.55 Å². The number of alkyl halides is 2. The second kappa shape index (κ2) is 8.66. The molecular weight excluding hydrogens is 209 g/mol. The van der Waals surface area contributed by atoms with Crippen molar-refractivity contribution in [3.8, 4) is 0 Å². The molecule has 0 radical (unpaired) electrons. The molecule has 0 aliphatic heterocycles. The Morgan fingerprint density at radius 3 is 2.21 bits per heavy atom. The van der Waals surface area contributed by atoms with Gasteiger partial charge in [-0.25, -0.2) is 12.8 Å². The molecule has 3 nitrogen and oxygen atoms in total. The summed E-state index contributed by atoms with van der Waals surface area (Å²) in [5, 5.41) is 0. The molecule has 0 spiro atoms. The van der Waals surface area contributed by atoms with Gasteiger partial charge in [-0.1, -0.05) is 12.8 Å². The molecule has 0 aromatic carbocycles. The average Bonchev–Trinajstić information content (AvgIpc) is 1.94. The maximum absolute atomic E-state index is 12.7. The van der Waals surface area contributed by atoms with Crippen molar-refractivity contribution in [3.05, 3.63) is 0 Å². The fourth-order valence-corrected chi connectivity index (χ4v) is 1.55. The first-order valence-electron chi connectivity index (χ1n) is 4.09. The van der Waals surface area contributed by atoms with Crippen molar-refractivity contribution in [2.45, 2.75) is 31.9 Å². The van der Waals surface area contributed by atoms with E-state index in [-0.39, 0.29) is 25.3 Å². The summed E-state index contributed by atoms with van der Waals surface area (Å²) >= 11 is 0. The normalized spacial score (nSPS) is 13.4. The van der Waals surface area contributed by atoms with Crippen LogP contribution in [0.1, 0.15) is 25.7 Å². The van der Waals surface area contributed by atoms with E-state index in [2.05, 4.69) is 0 Å². The minimum absolute atomic E-state index is 0. The Morgan fingerprint density at radius 2 is 1.79 bits per heavy atom. The standard InChI is InChI=1S/C7H14F2O3S.Li/c8-5-3-1-2-4-7(9)6-13(10,11)12;/h7H,1-6H2,(H,10,11,12);/q;+1/p-1. The zero-order valence-electron chi connectivity index (χ0n) is 8.21. The maximum Gasteiger partial charge on any atom is 1.00 e. The molecule has 0 rings (SSSR count). The van der Waals surface area contributed by atoms with Crippen LogP contribution in [0.25, 0.3) is 0 Å². The van der Waals surface area contributed by atoms with Crippen molar-refractivity contribution < 1.29 is 40.6 Å². The van der Waals surface area contributed by atoms with Gasteiger partial charge in [-0.3, -0.25) is 4.39 Å². The minimum atomic E-state index is -4.47. The number of hydrogen-bond donors (Lipinski definition) is 0. The van der Waals surface area contributed by atoms with E-state index >= 15 is 0 Å². The molecule has 0 bridgehead atoms. The molecule has 0 fully saturated rings. The topological polar surface area (TPSA) is 57.2 Å². The van der Waals surface area contributed by atoms with Gasteiger partial charge in [-0.2, -0.15) is 0 Å². The third-order valence-electron chi connectivity index (χ3n) is 1.54. The van der Waals surface area contributed by atoms with Gasteiger partial charge in [-0.15, -0.1) is 0 Å². The predicted octanol–water partition coefficient (Wildman–Crippen LogP) is -1.60. The van der Waals surface area contributed by atoms with E-state index in [0.29, 0.717) is 19.3 Å². The van der Waals surface area contributed by atoms with E-state index in [1.54, 1.807) is 0 Å². The predicted molar refractivity (Wildman–Crippen MR) is 43.9 cm³/mol. The zero-order valence-corrected chi connectivity index (χ0v) is 9.03. The first-order valence-corrected chi connectivity index (χ1v) is 5.67. The molecule has 0 aliphatic carbocycles. The smallest absolute Gasteiger partial charge is 0.748 e. The van der Waals surface area contributed by atoms with Gasteiger partial charge >= 0.3 is 18.9 Å². The molecule has 0 aromatic rings. The van der Waals surface area contributed by atoms with Crippen molar-refractivity contribution in [3.63, 3.8) is 0 Å². The van der Waals surface area contributed by atoms with Crippen molar-refractivity contribution >= 4 is 10.1 Å². The number of unbranched alkanes of at least 4 members (excludes halogenated alkanes) is 2. The SMILES string of the molecule is O=S(=O)([O-])CC(F)CCCCCF.[Li+]. The summed E-state index contributed by atoms with van der Waals surface area (Å²) in [6.45, 7) is -0.448. The van der Waals surface area contributed by atoms with Crippen LogP contribution in [0.4, 0.5) is 8.78 Å². The summed E-state index contributed by atoms with van der Waals surface area (Å²) in [7, 11) is -4.47. The van der Waals surface area contributed by atoms with E-state index in [1.165, 1.54) is 0 Å². The van der Waals surface area contributed by atoms with Crippen LogP contribution in [0.3, 0.4) is 0 Å². The molecule has 1 atom stereocenters. The molecule has 0 aromatic heterocycles. The van der Waals surface area contributed by atoms with Gasteiger partial charge in [0.1, 0.15) is 6.17 Å². The fourth-order valence-electron chi connectivity index (χ4n) is 0.942. The fraction of sp³-hybridized carbons (Fsp3) is 1.00. The second-order valence-electron chi connectivity index (χ2n) is 2.86. The van der Waals surface area contributed by atoms with Crippen molar-refractivity contribution in [1.82, 2.24) is 0 Å². The summed E-state index contributed by atoms with van der Waals surface area (Å²) < 4.78 is 54.4. The molecule has 1 unspecified atom stereocenters. The largest absolute Gasteiger partial charge is 1.00 e. The van der Waals surface area contributed by atoms with Crippen molar-refractivity contribution in [2.75, 3.05) is 12.4 Å². The maximum atomic E-state index is 12.7. The van der Waals surface area contributed by atoms with Crippen LogP contribution in [0.5, 0.6) is 0 Å². The molecule has 14 heavy (non-hydrogen) atoms. The van der Waals surface area contributed by atoms with Crippen LogP contribution in [0, 0.1) is 0 Å². The number of rotatable bonds is 7. The van der Waals surface area contributed by atoms with Gasteiger partial charge in [0.15, 0.2) is 0 Å². The van der Waals surface area contributed by atoms with Gasteiger partial charge in [0.2, 0.25) is 0 Å². The molecule has 0 N–H and O–H groups in total. The Kier molecular flexibility index (Phi) is 10.4. The second-order valence-corrected chi connectivity index (χ2v) is 4.31. The summed E-state index contributed by atoms with van der Waals surface area (Å²) in [4.78, 5) is 0. The molecule has 0 amide bonds. The van der Waals surface area contributed by atoms with Crippen molar-refractivity contribution in [1.29, 1.82) is 0 Å². The van der Waals surface area contributed by atoms with E-state index in [0.717, 1.165) is 0 Å². The molecule has 7 heteroatoms. The molecule has 0 heterocycles. The molecule has 0 aliphatic rings. The van der Waals surface area contributed by atoms with E-state index in [9.17, 15) is 21.8 Å². The van der Waals surface area contributed by atoms with E-state index < -0.39 is 28.7 Å². The Hall–Kier alpha value is 0.367. The first-order chi connectivity index (χ1) is 5.95. The van der Waals surface area contributed by atoms with Crippen LogP contribution < -0.4 is 18.9 Å². The van der Waals surface area contributed by atoms with Gasteiger partial charge in [-0.05, 0) is 12.8 Å². The third-order valence-corrected chi connectivity index (χ3v) is 2.31. The van der Waals surface area contributed by atoms with Crippen LogP contribution in [-0.2, 0) is 10.1 Å². The van der Waals surface area contributed by atoms with Gasteiger partial charge in [0.25, 0.3) is 0 Å². The van der Waals surface area contributed by atoms with Crippen LogP contribution in [0.15, 0.2) is 0 Å². The third kappa shape index (κ3) is 12.4. The van der Waals surface area contributed by atoms with Gasteiger partial charge in [0, 0.05) is 0 Å². The van der Waals surface area contributed by atoms with Crippen molar-refractivity contribution in [2.24, 2.45) is 0 Å². The Bertz CT molecular complexity index is 221. The summed E-state index contributed by atoms with van der Waals surface area (Å²) in [6, 6.07) is 0. The van der Waals surface area contributed by atoms with Crippen LogP contribution >= 0.6 is 0 Å². The minimum Gasteiger partial charge on any atom is -0.748 e. The number of hydrogen-bond acceptors (Lipinski definition) is 3. The Balaban J connectivity index is 0. The first kappa shape index (κ1) is 16.8. The summed E-state index contributed by atoms with van der Waals surface area (Å²) in [5.74, 6) is -0.970. The Labute approximate surface area is 95.2 Å². The van der Waals surface area contributed by atoms with Crippen LogP contribution in [-0.4, -0.2) is 31.6 Å². The monoisotopic (exact) mass is 222 g/mol.